The number of anilines is 1. The lowest BCUT2D eigenvalue weighted by molar-refractivity contribution is -0.438. The molecule has 0 fully saturated rings. The molecule has 5 N–H and O–H groups in total. The number of benzene rings is 2. The number of carbonyl (C=O) groups is 3. The van der Waals surface area contributed by atoms with Gasteiger partial charge in [-0.2, -0.15) is 13.0 Å². The summed E-state index contributed by atoms with van der Waals surface area (Å²) in [6.07, 6.45) is 23.3. The summed E-state index contributed by atoms with van der Waals surface area (Å²) in [5.41, 5.74) is 9.43. The molecule has 0 unspecified atom stereocenters. The summed E-state index contributed by atoms with van der Waals surface area (Å²) in [6, 6.07) is 16.9. The minimum absolute atomic E-state index is 0.0186. The zero-order chi connectivity index (χ0) is 60.3. The minimum Gasteiger partial charge on any atom is -0.461 e. The van der Waals surface area contributed by atoms with E-state index in [-0.39, 0.29) is 77.0 Å². The van der Waals surface area contributed by atoms with Crippen molar-refractivity contribution in [1.82, 2.24) is 10.6 Å². The number of unbranched alkanes of at least 4 members (excludes halogenated alkanes) is 3. The number of hydrogen-bond donors (Lipinski definition) is 5. The molecule has 454 valence electrons. The van der Waals surface area contributed by atoms with E-state index in [1.807, 2.05) is 26.8 Å². The van der Waals surface area contributed by atoms with E-state index in [9.17, 15) is 37.6 Å². The molecule has 15 heteroatoms. The fraction of sp³-hybridized carbons (Fsp3) is 0.588. The van der Waals surface area contributed by atoms with Crippen LogP contribution in [-0.2, 0) is 40.1 Å². The number of rotatable bonds is 28. The Morgan fingerprint density at radius 1 is 0.880 bits per heavy atom. The van der Waals surface area contributed by atoms with Gasteiger partial charge in [-0.1, -0.05) is 113 Å². The lowest BCUT2D eigenvalue weighted by Gasteiger charge is -2.44. The van der Waals surface area contributed by atoms with Crippen molar-refractivity contribution in [2.24, 2.45) is 29.1 Å². The molecule has 0 bridgehead atoms. The van der Waals surface area contributed by atoms with Gasteiger partial charge in [-0.05, 0) is 163 Å². The molecule has 0 saturated heterocycles. The van der Waals surface area contributed by atoms with Crippen molar-refractivity contribution in [2.75, 3.05) is 36.8 Å². The third-order valence-electron chi connectivity index (χ3n) is 18.3. The van der Waals surface area contributed by atoms with E-state index in [1.165, 1.54) is 28.1 Å². The standard InChI is InChI=1S/C68H95ClN4O9S/c1-10-66(4,5)65(78)82-58-43-46(2)42-50-30-29-47(3)53(63(50)58)34-33-51(74)44-52(75)45-62(77)71-38-21-37-70-61(76)28-12-11-17-39-72-56-26-15-13-24-54(56)67(6,7)59(72)35-31-48-22-20-23-49(64(48)69)32-36-60-68(8,9)55-25-14-16-27-57(55)73(60)40-18-19-41-83(79,80)81/h13-16,24-27,29-32,35-36,42,46-47,51-53,58,63,74-75H,10-12,17-23,28,33-34,37-41,43-45H2,1-9H3,(H2-,70,71,76,77,79,80,81)/p+1/t46-,47-,51+,52+,53-,58-,63-/m0/s1. The van der Waals surface area contributed by atoms with Gasteiger partial charge in [0.1, 0.15) is 12.6 Å². The summed E-state index contributed by atoms with van der Waals surface area (Å²) in [7, 11) is -4.02. The van der Waals surface area contributed by atoms with Crippen LogP contribution in [0.1, 0.15) is 176 Å². The van der Waals surface area contributed by atoms with Gasteiger partial charge in [0, 0.05) is 77.9 Å². The molecule has 83 heavy (non-hydrogen) atoms. The summed E-state index contributed by atoms with van der Waals surface area (Å²) in [4.78, 5) is 41.1. The van der Waals surface area contributed by atoms with Crippen molar-refractivity contribution in [3.63, 3.8) is 0 Å². The molecule has 0 saturated carbocycles. The highest BCUT2D eigenvalue weighted by Crippen LogP contribution is 2.49. The number of carbonyl (C=O) groups excluding carboxylic acids is 3. The SMILES string of the molecule is CCC(C)(C)C(=O)O[C@H]1C[C@@H](C)C=C2C=C[C@H](C)[C@H](CC[C@@H](O)C[C@@H](O)CC(=O)NCCCNC(=O)CCCCC[N+]3=C(C=CC4=C(Cl)C(=CC=C5N(CCCCS(=O)(=O)O)c6ccccc6C5(C)C)CCC4)C(C)(C)c4ccccc43)[C@H]21. The topological polar surface area (TPSA) is 186 Å². The number of aliphatic hydroxyl groups is 2. The Hall–Kier alpha value is -5.12. The fourth-order valence-electron chi connectivity index (χ4n) is 13.1. The average Bonchev–Trinajstić information content (AvgIpc) is 4.04. The zero-order valence-electron chi connectivity index (χ0n) is 51.0. The first-order valence-corrected chi connectivity index (χ1v) is 32.9. The second-order valence-corrected chi connectivity index (χ2v) is 27.8. The smallest absolute Gasteiger partial charge is 0.311 e. The molecular formula is C68H96ClN4O9S+. The Labute approximate surface area is 501 Å². The molecule has 0 radical (unpaired) electrons. The number of esters is 1. The number of ether oxygens (including phenoxy) is 1. The second kappa shape index (κ2) is 28.8. The maximum Gasteiger partial charge on any atom is 0.311 e. The van der Waals surface area contributed by atoms with Crippen LogP contribution in [0.3, 0.4) is 0 Å². The van der Waals surface area contributed by atoms with Crippen molar-refractivity contribution in [3.05, 3.63) is 130 Å². The van der Waals surface area contributed by atoms with E-state index >= 15 is 0 Å². The van der Waals surface area contributed by atoms with Crippen LogP contribution >= 0.6 is 11.6 Å². The van der Waals surface area contributed by atoms with E-state index in [2.05, 4.69) is 147 Å². The van der Waals surface area contributed by atoms with E-state index in [0.29, 0.717) is 64.6 Å². The van der Waals surface area contributed by atoms with Crippen molar-refractivity contribution in [2.45, 2.75) is 194 Å². The largest absolute Gasteiger partial charge is 0.461 e. The first kappa shape index (κ1) is 65.4. The molecule has 7 rings (SSSR count). The molecule has 3 aliphatic carbocycles. The van der Waals surface area contributed by atoms with Crippen LogP contribution in [0.4, 0.5) is 11.4 Å². The Morgan fingerprint density at radius 2 is 1.59 bits per heavy atom. The summed E-state index contributed by atoms with van der Waals surface area (Å²) >= 11 is 7.30. The number of fused-ring (bicyclic) bond motifs is 3. The van der Waals surface area contributed by atoms with Gasteiger partial charge < -0.3 is 30.5 Å². The number of halogens is 1. The van der Waals surface area contributed by atoms with Gasteiger partial charge in [0.2, 0.25) is 17.5 Å². The Bertz CT molecular complexity index is 2980. The van der Waals surface area contributed by atoms with Crippen LogP contribution in [0.2, 0.25) is 0 Å². The van der Waals surface area contributed by atoms with Crippen molar-refractivity contribution in [1.29, 1.82) is 0 Å². The number of allylic oxidation sites excluding steroid dienone is 11. The fourth-order valence-corrected chi connectivity index (χ4v) is 14.0. The number of nitrogens with one attached hydrogen (secondary N) is 2. The number of nitrogens with zero attached hydrogens (tertiary/aromatic N) is 2. The van der Waals surface area contributed by atoms with Crippen LogP contribution in [0, 0.1) is 29.1 Å². The molecule has 0 spiro atoms. The van der Waals surface area contributed by atoms with E-state index in [0.717, 1.165) is 79.1 Å². The third kappa shape index (κ3) is 16.9. The molecule has 0 aromatic heterocycles. The number of hydrogen-bond acceptors (Lipinski definition) is 9. The van der Waals surface area contributed by atoms with Gasteiger partial charge >= 0.3 is 5.97 Å². The Kier molecular flexibility index (Phi) is 22.7. The Morgan fingerprint density at radius 3 is 2.33 bits per heavy atom. The normalized spacial score (nSPS) is 23.7. The molecule has 13 nitrogen and oxygen atoms in total. The van der Waals surface area contributed by atoms with Crippen LogP contribution in [0.15, 0.2) is 119 Å². The maximum atomic E-state index is 13.2. The average molecular weight is 1180 g/mol. The molecule has 2 aliphatic heterocycles. The highest BCUT2D eigenvalue weighted by molar-refractivity contribution is 7.85. The molecule has 2 heterocycles. The minimum atomic E-state index is -4.02. The van der Waals surface area contributed by atoms with Gasteiger partial charge in [0.15, 0.2) is 5.71 Å². The van der Waals surface area contributed by atoms with E-state index in [4.69, 9.17) is 16.3 Å². The molecule has 5 aliphatic rings. The monoisotopic (exact) mass is 1180 g/mol. The molecule has 2 aromatic rings. The third-order valence-corrected chi connectivity index (χ3v) is 19.6. The second-order valence-electron chi connectivity index (χ2n) is 25.9. The van der Waals surface area contributed by atoms with Crippen molar-refractivity contribution < 1.29 is 46.9 Å². The zero-order valence-corrected chi connectivity index (χ0v) is 52.6. The van der Waals surface area contributed by atoms with Gasteiger partial charge in [0.05, 0.1) is 35.2 Å². The highest BCUT2D eigenvalue weighted by atomic mass is 35.5. The van der Waals surface area contributed by atoms with Crippen LogP contribution in [0.5, 0.6) is 0 Å². The highest BCUT2D eigenvalue weighted by Gasteiger charge is 2.45. The molecule has 2 aromatic carbocycles. The van der Waals surface area contributed by atoms with E-state index in [1.54, 1.807) is 0 Å². The molecule has 7 atom stereocenters. The van der Waals surface area contributed by atoms with Crippen LogP contribution < -0.4 is 15.5 Å². The van der Waals surface area contributed by atoms with E-state index < -0.39 is 27.7 Å². The molecule has 2 amide bonds. The number of para-hydroxylation sites is 2. The summed E-state index contributed by atoms with van der Waals surface area (Å²) < 4.78 is 40.9. The first-order chi connectivity index (χ1) is 39.3. The van der Waals surface area contributed by atoms with Gasteiger partial charge in [0.25, 0.3) is 10.1 Å². The summed E-state index contributed by atoms with van der Waals surface area (Å²) in [5.74, 6) is -0.00319. The maximum absolute atomic E-state index is 13.2. The van der Waals surface area contributed by atoms with Crippen molar-refractivity contribution >= 4 is 56.6 Å². The van der Waals surface area contributed by atoms with Gasteiger partial charge in [-0.3, -0.25) is 18.9 Å². The van der Waals surface area contributed by atoms with Crippen molar-refractivity contribution in [3.8, 4) is 0 Å². The predicted octanol–water partition coefficient (Wildman–Crippen LogP) is 12.8. The van der Waals surface area contributed by atoms with Gasteiger partial charge in [-0.25, -0.2) is 0 Å². The quantitative estimate of drug-likeness (QED) is 0.0238. The lowest BCUT2D eigenvalue weighted by atomic mass is 9.65. The number of aliphatic hydroxyl groups excluding tert-OH is 2. The lowest BCUT2D eigenvalue weighted by Crippen LogP contribution is -2.43. The first-order valence-electron chi connectivity index (χ1n) is 30.9. The number of amides is 2. The summed E-state index contributed by atoms with van der Waals surface area (Å²) in [6.45, 7) is 21.4. The summed E-state index contributed by atoms with van der Waals surface area (Å²) in [5, 5.41) is 28.4. The Balaban J connectivity index is 0.845. The van der Waals surface area contributed by atoms with Gasteiger partial charge in [-0.15, -0.1) is 0 Å². The van der Waals surface area contributed by atoms with Crippen LogP contribution in [0.25, 0.3) is 0 Å². The predicted molar refractivity (Wildman–Crippen MR) is 334 cm³/mol. The van der Waals surface area contributed by atoms with Crippen LogP contribution in [-0.4, -0.2) is 101 Å². The molecular weight excluding hydrogens is 1080 g/mol.